The first-order valence-electron chi connectivity index (χ1n) is 7.62. The molecule has 1 atom stereocenters. The molecule has 3 rings (SSSR count). The predicted octanol–water partition coefficient (Wildman–Crippen LogP) is 0.351. The zero-order valence-corrected chi connectivity index (χ0v) is 13.5. The minimum absolute atomic E-state index is 0.117. The first-order valence-corrected chi connectivity index (χ1v) is 7.62. The lowest BCUT2D eigenvalue weighted by Crippen LogP contribution is -2.46. The van der Waals surface area contributed by atoms with Gasteiger partial charge in [0, 0.05) is 19.8 Å². The SMILES string of the molecule is CCn1nc(C)cc1C(=O)N1Cc2ccnn2[C@H](C(=O)NC)C1. The van der Waals surface area contributed by atoms with Crippen LogP contribution in [0, 0.1) is 6.92 Å². The minimum atomic E-state index is -0.512. The van der Waals surface area contributed by atoms with Gasteiger partial charge in [-0.2, -0.15) is 10.2 Å². The highest BCUT2D eigenvalue weighted by atomic mass is 16.2. The Morgan fingerprint density at radius 3 is 2.91 bits per heavy atom. The zero-order valence-electron chi connectivity index (χ0n) is 13.5. The Bertz CT molecular complexity index is 747. The average Bonchev–Trinajstić information content (AvgIpc) is 3.18. The second-order valence-electron chi connectivity index (χ2n) is 5.57. The smallest absolute Gasteiger partial charge is 0.272 e. The number of amides is 2. The number of aryl methyl sites for hydroxylation is 2. The highest BCUT2D eigenvalue weighted by molar-refractivity contribution is 5.93. The van der Waals surface area contributed by atoms with Crippen LogP contribution in [0.25, 0.3) is 0 Å². The van der Waals surface area contributed by atoms with Crippen LogP contribution in [0.2, 0.25) is 0 Å². The average molecular weight is 316 g/mol. The van der Waals surface area contributed by atoms with Gasteiger partial charge in [-0.1, -0.05) is 0 Å². The van der Waals surface area contributed by atoms with E-state index >= 15 is 0 Å². The highest BCUT2D eigenvalue weighted by Crippen LogP contribution is 2.22. The van der Waals surface area contributed by atoms with Crippen molar-refractivity contribution in [1.82, 2.24) is 29.8 Å². The molecule has 1 aliphatic rings. The van der Waals surface area contributed by atoms with Crippen LogP contribution >= 0.6 is 0 Å². The summed E-state index contributed by atoms with van der Waals surface area (Å²) in [5.41, 5.74) is 2.20. The summed E-state index contributed by atoms with van der Waals surface area (Å²) in [6.07, 6.45) is 1.65. The Morgan fingerprint density at radius 2 is 2.22 bits per heavy atom. The van der Waals surface area contributed by atoms with Crippen LogP contribution in [0.3, 0.4) is 0 Å². The van der Waals surface area contributed by atoms with Gasteiger partial charge >= 0.3 is 0 Å². The van der Waals surface area contributed by atoms with Crippen molar-refractivity contribution in [2.24, 2.45) is 0 Å². The number of carbonyl (C=O) groups excluding carboxylic acids is 2. The molecule has 0 spiro atoms. The first kappa shape index (κ1) is 15.3. The number of aromatic nitrogens is 4. The van der Waals surface area contributed by atoms with E-state index in [2.05, 4.69) is 15.5 Å². The number of rotatable bonds is 3. The number of hydrogen-bond acceptors (Lipinski definition) is 4. The molecule has 122 valence electrons. The fourth-order valence-corrected chi connectivity index (χ4v) is 2.93. The third-order valence-electron chi connectivity index (χ3n) is 4.05. The molecule has 0 saturated carbocycles. The normalized spacial score (nSPS) is 17.0. The molecular weight excluding hydrogens is 296 g/mol. The summed E-state index contributed by atoms with van der Waals surface area (Å²) in [7, 11) is 1.59. The van der Waals surface area contributed by atoms with Crippen molar-refractivity contribution >= 4 is 11.8 Å². The van der Waals surface area contributed by atoms with Crippen LogP contribution in [0.5, 0.6) is 0 Å². The molecule has 2 aromatic heterocycles. The summed E-state index contributed by atoms with van der Waals surface area (Å²) in [6.45, 7) is 5.16. The van der Waals surface area contributed by atoms with E-state index in [9.17, 15) is 9.59 Å². The number of likely N-dealkylation sites (N-methyl/N-ethyl adjacent to an activating group) is 1. The van der Waals surface area contributed by atoms with Crippen molar-refractivity contribution in [3.05, 3.63) is 35.4 Å². The van der Waals surface area contributed by atoms with Gasteiger partial charge in [0.05, 0.1) is 24.5 Å². The molecule has 0 bridgehead atoms. The quantitative estimate of drug-likeness (QED) is 0.885. The van der Waals surface area contributed by atoms with Crippen molar-refractivity contribution in [3.8, 4) is 0 Å². The predicted molar refractivity (Wildman–Crippen MR) is 82.7 cm³/mol. The second kappa shape index (κ2) is 5.86. The van der Waals surface area contributed by atoms with Gasteiger partial charge in [-0.05, 0) is 26.0 Å². The Hall–Kier alpha value is -2.64. The lowest BCUT2D eigenvalue weighted by molar-refractivity contribution is -0.125. The van der Waals surface area contributed by atoms with Crippen LogP contribution in [0.15, 0.2) is 18.3 Å². The van der Waals surface area contributed by atoms with Crippen molar-refractivity contribution in [1.29, 1.82) is 0 Å². The summed E-state index contributed by atoms with van der Waals surface area (Å²) in [5, 5.41) is 11.2. The van der Waals surface area contributed by atoms with E-state index in [1.54, 1.807) is 33.6 Å². The monoisotopic (exact) mass is 316 g/mol. The Morgan fingerprint density at radius 1 is 1.43 bits per heavy atom. The van der Waals surface area contributed by atoms with Crippen LogP contribution in [0.4, 0.5) is 0 Å². The third kappa shape index (κ3) is 2.60. The Labute approximate surface area is 134 Å². The zero-order chi connectivity index (χ0) is 16.6. The van der Waals surface area contributed by atoms with Crippen LogP contribution in [-0.4, -0.2) is 49.9 Å². The summed E-state index contributed by atoms with van der Waals surface area (Å²) in [6, 6.07) is 3.10. The Kier molecular flexibility index (Phi) is 3.89. The third-order valence-corrected chi connectivity index (χ3v) is 4.05. The fourth-order valence-electron chi connectivity index (χ4n) is 2.93. The molecule has 23 heavy (non-hydrogen) atoms. The molecule has 1 aliphatic heterocycles. The van der Waals surface area contributed by atoms with E-state index in [1.165, 1.54) is 0 Å². The number of nitrogens with one attached hydrogen (secondary N) is 1. The topological polar surface area (TPSA) is 85.1 Å². The molecule has 1 N–H and O–H groups in total. The van der Waals surface area contributed by atoms with Gasteiger partial charge in [-0.3, -0.25) is 19.0 Å². The summed E-state index contributed by atoms with van der Waals surface area (Å²) in [4.78, 5) is 26.7. The van der Waals surface area contributed by atoms with Crippen molar-refractivity contribution in [2.45, 2.75) is 33.0 Å². The molecule has 0 aromatic carbocycles. The van der Waals surface area contributed by atoms with Gasteiger partial charge in [0.25, 0.3) is 5.91 Å². The van der Waals surface area contributed by atoms with Crippen molar-refractivity contribution < 1.29 is 9.59 Å². The van der Waals surface area contributed by atoms with Crippen molar-refractivity contribution in [2.75, 3.05) is 13.6 Å². The van der Waals surface area contributed by atoms with E-state index in [-0.39, 0.29) is 11.8 Å². The molecule has 8 nitrogen and oxygen atoms in total. The molecule has 0 saturated heterocycles. The number of hydrogen-bond donors (Lipinski definition) is 1. The standard InChI is InChI=1S/C15H20N6O2/c1-4-20-12(7-10(2)18-20)15(23)19-8-11-5-6-17-21(11)13(9-19)14(22)16-3/h5-7,13H,4,8-9H2,1-3H3,(H,16,22)/t13-/m0/s1. The van der Waals surface area contributed by atoms with Crippen LogP contribution in [-0.2, 0) is 17.9 Å². The molecule has 8 heteroatoms. The maximum Gasteiger partial charge on any atom is 0.272 e. The molecule has 0 unspecified atom stereocenters. The van der Waals surface area contributed by atoms with Gasteiger partial charge in [0.15, 0.2) is 0 Å². The lowest BCUT2D eigenvalue weighted by Gasteiger charge is -2.32. The minimum Gasteiger partial charge on any atom is -0.357 e. The van der Waals surface area contributed by atoms with Crippen LogP contribution < -0.4 is 5.32 Å². The number of fused-ring (bicyclic) bond motifs is 1. The summed E-state index contributed by atoms with van der Waals surface area (Å²) in [5.74, 6) is -0.276. The summed E-state index contributed by atoms with van der Waals surface area (Å²) >= 11 is 0. The van der Waals surface area contributed by atoms with E-state index < -0.39 is 6.04 Å². The van der Waals surface area contributed by atoms with E-state index in [0.29, 0.717) is 25.3 Å². The molecule has 2 amide bonds. The van der Waals surface area contributed by atoms with E-state index in [0.717, 1.165) is 11.4 Å². The summed E-state index contributed by atoms with van der Waals surface area (Å²) < 4.78 is 3.38. The second-order valence-corrected chi connectivity index (χ2v) is 5.57. The van der Waals surface area contributed by atoms with Gasteiger partial charge < -0.3 is 10.2 Å². The molecule has 0 radical (unpaired) electrons. The number of nitrogens with zero attached hydrogens (tertiary/aromatic N) is 5. The molecule has 3 heterocycles. The molecule has 0 aliphatic carbocycles. The number of carbonyl (C=O) groups is 2. The lowest BCUT2D eigenvalue weighted by atomic mass is 10.1. The Balaban J connectivity index is 1.92. The molecule has 2 aromatic rings. The maximum absolute atomic E-state index is 12.9. The fraction of sp³-hybridized carbons (Fsp3) is 0.467. The molecule has 0 fully saturated rings. The van der Waals surface area contributed by atoms with Gasteiger partial charge in [-0.25, -0.2) is 0 Å². The van der Waals surface area contributed by atoms with Gasteiger partial charge in [0.2, 0.25) is 5.91 Å². The van der Waals surface area contributed by atoms with Gasteiger partial charge in [-0.15, -0.1) is 0 Å². The van der Waals surface area contributed by atoms with Crippen LogP contribution in [0.1, 0.15) is 34.8 Å². The van der Waals surface area contributed by atoms with E-state index in [4.69, 9.17) is 0 Å². The maximum atomic E-state index is 12.9. The molecular formula is C15H20N6O2. The van der Waals surface area contributed by atoms with Crippen molar-refractivity contribution in [3.63, 3.8) is 0 Å². The van der Waals surface area contributed by atoms with E-state index in [1.807, 2.05) is 19.9 Å². The first-order chi connectivity index (χ1) is 11.0. The highest BCUT2D eigenvalue weighted by Gasteiger charge is 2.33. The largest absolute Gasteiger partial charge is 0.357 e. The van der Waals surface area contributed by atoms with Gasteiger partial charge in [0.1, 0.15) is 11.7 Å².